The van der Waals surface area contributed by atoms with Crippen molar-refractivity contribution in [2.24, 2.45) is 13.0 Å². The number of fused-ring (bicyclic) bond motifs is 2. The second-order valence-electron chi connectivity index (χ2n) is 7.93. The Morgan fingerprint density at radius 2 is 1.94 bits per heavy atom. The van der Waals surface area contributed by atoms with E-state index in [1.165, 1.54) is 7.05 Å². The van der Waals surface area contributed by atoms with Gasteiger partial charge in [-0.2, -0.15) is 36.7 Å². The molecule has 33 heavy (non-hydrogen) atoms. The summed E-state index contributed by atoms with van der Waals surface area (Å²) in [5, 5.41) is 25.2. The van der Waals surface area contributed by atoms with Crippen molar-refractivity contribution in [3.63, 3.8) is 0 Å². The largest absolute Gasteiger partial charge is 0.435 e. The van der Waals surface area contributed by atoms with Crippen molar-refractivity contribution in [2.45, 2.75) is 43.0 Å². The normalized spacial score (nSPS) is 26.9. The SMILES string of the molecule is Cn1nc(C(F)(F)F)cc1C1C2OC(CC2O)C1C(=O)Nc1cc(C(F)(F)F)ccc1C#N. The van der Waals surface area contributed by atoms with Crippen LogP contribution >= 0.6 is 0 Å². The molecular formula is C20H16F6N4O3. The lowest BCUT2D eigenvalue weighted by atomic mass is 9.75. The molecule has 2 N–H and O–H groups in total. The molecule has 7 nitrogen and oxygen atoms in total. The van der Waals surface area contributed by atoms with Gasteiger partial charge in [-0.15, -0.1) is 0 Å². The number of hydrogen-bond acceptors (Lipinski definition) is 5. The van der Waals surface area contributed by atoms with Crippen LogP contribution < -0.4 is 5.32 Å². The molecule has 1 aromatic carbocycles. The van der Waals surface area contributed by atoms with Crippen LogP contribution in [0, 0.1) is 17.2 Å². The highest BCUT2D eigenvalue weighted by molar-refractivity contribution is 5.95. The summed E-state index contributed by atoms with van der Waals surface area (Å²) < 4.78 is 85.2. The minimum absolute atomic E-state index is 0.0155. The van der Waals surface area contributed by atoms with Gasteiger partial charge in [-0.3, -0.25) is 9.48 Å². The van der Waals surface area contributed by atoms with Crippen molar-refractivity contribution in [2.75, 3.05) is 5.32 Å². The van der Waals surface area contributed by atoms with Gasteiger partial charge in [0.15, 0.2) is 5.69 Å². The number of nitriles is 1. The number of anilines is 1. The van der Waals surface area contributed by atoms with Gasteiger partial charge in [-0.05, 0) is 24.3 Å². The second-order valence-corrected chi connectivity index (χ2v) is 7.93. The van der Waals surface area contributed by atoms with Gasteiger partial charge in [-0.25, -0.2) is 0 Å². The summed E-state index contributed by atoms with van der Waals surface area (Å²) in [4.78, 5) is 13.1. The number of nitrogens with one attached hydrogen (secondary N) is 1. The fourth-order valence-electron chi connectivity index (χ4n) is 4.46. The van der Waals surface area contributed by atoms with Crippen molar-refractivity contribution in [3.05, 3.63) is 46.8 Å². The number of aryl methyl sites for hydroxylation is 1. The summed E-state index contributed by atoms with van der Waals surface area (Å²) in [6.45, 7) is 0. The first kappa shape index (κ1) is 23.1. The Bertz CT molecular complexity index is 1140. The lowest BCUT2D eigenvalue weighted by Gasteiger charge is -2.30. The molecule has 13 heteroatoms. The van der Waals surface area contributed by atoms with Crippen LogP contribution in [0.2, 0.25) is 0 Å². The van der Waals surface area contributed by atoms with Gasteiger partial charge >= 0.3 is 12.4 Å². The molecule has 1 aromatic heterocycles. The maximum atomic E-state index is 13.1. The molecular weight excluding hydrogens is 458 g/mol. The average molecular weight is 474 g/mol. The number of carbonyl (C=O) groups excluding carboxylic acids is 1. The number of rotatable bonds is 3. The summed E-state index contributed by atoms with van der Waals surface area (Å²) in [6.07, 6.45) is -12.4. The maximum Gasteiger partial charge on any atom is 0.435 e. The van der Waals surface area contributed by atoms with Crippen LogP contribution in [0.5, 0.6) is 0 Å². The highest BCUT2D eigenvalue weighted by Gasteiger charge is 2.58. The number of halogens is 6. The van der Waals surface area contributed by atoms with E-state index in [2.05, 4.69) is 10.4 Å². The van der Waals surface area contributed by atoms with Crippen LogP contribution in [0.1, 0.15) is 34.9 Å². The van der Waals surface area contributed by atoms with E-state index in [-0.39, 0.29) is 23.4 Å². The minimum Gasteiger partial charge on any atom is -0.390 e. The van der Waals surface area contributed by atoms with Crippen LogP contribution in [0.3, 0.4) is 0 Å². The van der Waals surface area contributed by atoms with Gasteiger partial charge in [0.05, 0.1) is 41.0 Å². The molecule has 3 heterocycles. The zero-order chi connectivity index (χ0) is 24.3. The Morgan fingerprint density at radius 1 is 1.24 bits per heavy atom. The summed E-state index contributed by atoms with van der Waals surface area (Å²) in [5.74, 6) is -3.01. The van der Waals surface area contributed by atoms with E-state index in [0.29, 0.717) is 12.1 Å². The Kier molecular flexibility index (Phi) is 5.41. The molecule has 2 aliphatic heterocycles. The van der Waals surface area contributed by atoms with Crippen LogP contribution in [0.15, 0.2) is 24.3 Å². The molecule has 2 fully saturated rings. The predicted molar refractivity (Wildman–Crippen MR) is 98.5 cm³/mol. The van der Waals surface area contributed by atoms with Crippen LogP contribution in [0.25, 0.3) is 0 Å². The Hall–Kier alpha value is -3.11. The molecule has 5 atom stereocenters. The van der Waals surface area contributed by atoms with E-state index in [1.54, 1.807) is 6.07 Å². The molecule has 0 aliphatic carbocycles. The van der Waals surface area contributed by atoms with Crippen molar-refractivity contribution in [1.29, 1.82) is 5.26 Å². The van der Waals surface area contributed by atoms with Crippen molar-refractivity contribution in [1.82, 2.24) is 9.78 Å². The number of carbonyl (C=O) groups is 1. The average Bonchev–Trinajstić information content (AvgIpc) is 3.38. The first-order valence-electron chi connectivity index (χ1n) is 9.68. The Morgan fingerprint density at radius 3 is 2.52 bits per heavy atom. The fraction of sp³-hybridized carbons (Fsp3) is 0.450. The minimum atomic E-state index is -4.75. The molecule has 5 unspecified atom stereocenters. The van der Waals surface area contributed by atoms with Gasteiger partial charge in [0.1, 0.15) is 6.07 Å². The molecule has 0 saturated carbocycles. The molecule has 176 valence electrons. The molecule has 4 rings (SSSR count). The zero-order valence-corrected chi connectivity index (χ0v) is 16.8. The number of amides is 1. The Balaban J connectivity index is 1.69. The van der Waals surface area contributed by atoms with E-state index in [1.807, 2.05) is 0 Å². The van der Waals surface area contributed by atoms with E-state index < -0.39 is 59.7 Å². The van der Waals surface area contributed by atoms with E-state index >= 15 is 0 Å². The number of benzene rings is 1. The third-order valence-corrected chi connectivity index (χ3v) is 5.90. The summed E-state index contributed by atoms with van der Waals surface area (Å²) in [7, 11) is 1.25. The van der Waals surface area contributed by atoms with Gasteiger partial charge in [0.25, 0.3) is 0 Å². The van der Waals surface area contributed by atoms with Crippen LogP contribution in [-0.2, 0) is 28.9 Å². The van der Waals surface area contributed by atoms with Crippen LogP contribution in [-0.4, -0.2) is 39.1 Å². The lowest BCUT2D eigenvalue weighted by molar-refractivity contribution is -0.141. The maximum absolute atomic E-state index is 13.1. The monoisotopic (exact) mass is 474 g/mol. The number of hydrogen-bond donors (Lipinski definition) is 2. The van der Waals surface area contributed by atoms with E-state index in [9.17, 15) is 41.5 Å². The highest BCUT2D eigenvalue weighted by Crippen LogP contribution is 2.50. The summed E-state index contributed by atoms with van der Waals surface area (Å²) >= 11 is 0. The first-order valence-corrected chi connectivity index (χ1v) is 9.68. The molecule has 2 saturated heterocycles. The topological polar surface area (TPSA) is 100 Å². The quantitative estimate of drug-likeness (QED) is 0.666. The number of ether oxygens (including phenoxy) is 1. The number of nitrogens with zero attached hydrogens (tertiary/aromatic N) is 3. The van der Waals surface area contributed by atoms with Gasteiger partial charge < -0.3 is 15.2 Å². The predicted octanol–water partition coefficient (Wildman–Crippen LogP) is 3.20. The smallest absolute Gasteiger partial charge is 0.390 e. The van der Waals surface area contributed by atoms with Gasteiger partial charge in [0, 0.05) is 25.1 Å². The number of aliphatic hydroxyl groups is 1. The molecule has 2 bridgehead atoms. The molecule has 2 aliphatic rings. The first-order chi connectivity index (χ1) is 15.3. The third kappa shape index (κ3) is 4.04. The second kappa shape index (κ2) is 7.74. The summed E-state index contributed by atoms with van der Waals surface area (Å²) in [6, 6.07) is 4.67. The van der Waals surface area contributed by atoms with Crippen molar-refractivity contribution >= 4 is 11.6 Å². The lowest BCUT2D eigenvalue weighted by Crippen LogP contribution is -2.41. The number of aliphatic hydroxyl groups excluding tert-OH is 1. The van der Waals surface area contributed by atoms with Crippen LogP contribution in [0.4, 0.5) is 32.0 Å². The zero-order valence-electron chi connectivity index (χ0n) is 16.8. The van der Waals surface area contributed by atoms with Crippen molar-refractivity contribution < 1.29 is 41.0 Å². The number of alkyl halides is 6. The fourth-order valence-corrected chi connectivity index (χ4v) is 4.46. The molecule has 0 radical (unpaired) electrons. The van der Waals surface area contributed by atoms with Gasteiger partial charge in [-0.1, -0.05) is 0 Å². The van der Waals surface area contributed by atoms with E-state index in [4.69, 9.17) is 4.74 Å². The molecule has 0 spiro atoms. The summed E-state index contributed by atoms with van der Waals surface area (Å²) in [5.41, 5.74) is -2.91. The highest BCUT2D eigenvalue weighted by atomic mass is 19.4. The Labute approximate surface area is 182 Å². The van der Waals surface area contributed by atoms with E-state index in [0.717, 1.165) is 16.8 Å². The molecule has 1 amide bonds. The number of aromatic nitrogens is 2. The van der Waals surface area contributed by atoms with Crippen molar-refractivity contribution in [3.8, 4) is 6.07 Å². The standard InChI is InChI=1S/C20H16F6N4O3/c1-30-11(5-14(29-30)20(24,25)26)15-16(13-6-12(31)17(15)33-13)18(32)28-10-4-9(19(21,22)23)3-2-8(10)7-27/h2-5,12-13,15-17,31H,6H2,1H3,(H,28,32). The van der Waals surface area contributed by atoms with Gasteiger partial charge in [0.2, 0.25) is 5.91 Å². The molecule has 2 aromatic rings. The third-order valence-electron chi connectivity index (χ3n) is 5.90.